The molecule has 1 heterocycles. The molecule has 5 nitrogen and oxygen atoms in total. The van der Waals surface area contributed by atoms with E-state index < -0.39 is 0 Å². The Morgan fingerprint density at radius 2 is 1.54 bits per heavy atom. The Balaban J connectivity index is 1.67. The van der Waals surface area contributed by atoms with E-state index in [1.54, 1.807) is 0 Å². The number of benzene rings is 3. The number of carbonyl (C=O) groups excluding carboxylic acids is 2. The summed E-state index contributed by atoms with van der Waals surface area (Å²) in [5.74, 6) is -0.154. The Morgan fingerprint density at radius 3 is 2.27 bits per heavy atom. The number of hydrogen-bond donors (Lipinski definition) is 0. The van der Waals surface area contributed by atoms with Crippen molar-refractivity contribution < 1.29 is 14.0 Å². The van der Waals surface area contributed by atoms with Crippen LogP contribution in [0.4, 0.5) is 10.1 Å². The minimum Gasteiger partial charge on any atom is -0.333 e. The van der Waals surface area contributed by atoms with Crippen LogP contribution in [0.25, 0.3) is 0 Å². The zero-order valence-corrected chi connectivity index (χ0v) is 21.8. The molecule has 0 saturated heterocycles. The van der Waals surface area contributed by atoms with Gasteiger partial charge in [0.2, 0.25) is 5.91 Å². The van der Waals surface area contributed by atoms with Gasteiger partial charge < -0.3 is 9.80 Å². The fourth-order valence-corrected chi connectivity index (χ4v) is 4.81. The first-order valence-corrected chi connectivity index (χ1v) is 13.1. The van der Waals surface area contributed by atoms with Crippen LogP contribution < -0.4 is 4.90 Å². The van der Waals surface area contributed by atoms with Gasteiger partial charge in [-0.2, -0.15) is 0 Å². The van der Waals surface area contributed by atoms with Crippen LogP contribution in [0, 0.1) is 11.7 Å². The third-order valence-electron chi connectivity index (χ3n) is 6.70. The summed E-state index contributed by atoms with van der Waals surface area (Å²) in [6.45, 7) is 7.91. The second kappa shape index (κ2) is 12.6. The summed E-state index contributed by atoms with van der Waals surface area (Å²) >= 11 is 0. The highest BCUT2D eigenvalue weighted by atomic mass is 19.1. The van der Waals surface area contributed by atoms with Crippen molar-refractivity contribution in [3.8, 4) is 0 Å². The van der Waals surface area contributed by atoms with Crippen molar-refractivity contribution in [2.45, 2.75) is 39.8 Å². The minimum atomic E-state index is -0.368. The molecule has 0 N–H and O–H groups in total. The molecule has 6 heteroatoms. The van der Waals surface area contributed by atoms with Gasteiger partial charge in [0.25, 0.3) is 5.91 Å². The summed E-state index contributed by atoms with van der Waals surface area (Å²) in [4.78, 5) is 33.0. The summed E-state index contributed by atoms with van der Waals surface area (Å²) in [7, 11) is 0. The van der Waals surface area contributed by atoms with E-state index in [-0.39, 0.29) is 23.5 Å². The predicted octanol–water partition coefficient (Wildman–Crippen LogP) is 5.75. The Kier molecular flexibility index (Phi) is 9.07. The summed E-state index contributed by atoms with van der Waals surface area (Å²) in [5.41, 5.74) is 3.47. The molecule has 3 aromatic rings. The number of hydrogen-bond acceptors (Lipinski definition) is 3. The van der Waals surface area contributed by atoms with E-state index in [4.69, 9.17) is 0 Å². The van der Waals surface area contributed by atoms with E-state index >= 15 is 0 Å². The second-order valence-electron chi connectivity index (χ2n) is 10.1. The Labute approximate surface area is 219 Å². The summed E-state index contributed by atoms with van der Waals surface area (Å²) < 4.78 is 13.6. The third-order valence-corrected chi connectivity index (χ3v) is 6.70. The lowest BCUT2D eigenvalue weighted by Crippen LogP contribution is -2.38. The number of amides is 2. The van der Waals surface area contributed by atoms with Gasteiger partial charge in [0.05, 0.1) is 0 Å². The summed E-state index contributed by atoms with van der Waals surface area (Å²) in [6.07, 6.45) is 1.30. The van der Waals surface area contributed by atoms with Gasteiger partial charge in [0.15, 0.2) is 0 Å². The number of anilines is 1. The van der Waals surface area contributed by atoms with E-state index in [0.717, 1.165) is 30.8 Å². The molecule has 1 aliphatic rings. The van der Waals surface area contributed by atoms with Gasteiger partial charge in [0.1, 0.15) is 5.82 Å². The Morgan fingerprint density at radius 1 is 0.838 bits per heavy atom. The first-order valence-electron chi connectivity index (χ1n) is 13.1. The maximum atomic E-state index is 13.6. The number of carbonyl (C=O) groups is 2. The molecule has 1 aliphatic heterocycles. The van der Waals surface area contributed by atoms with Gasteiger partial charge in [-0.05, 0) is 53.8 Å². The van der Waals surface area contributed by atoms with Crippen LogP contribution in [0.2, 0.25) is 0 Å². The van der Waals surface area contributed by atoms with Crippen molar-refractivity contribution in [1.29, 1.82) is 0 Å². The van der Waals surface area contributed by atoms with Crippen LogP contribution in [0.5, 0.6) is 0 Å². The molecule has 0 spiro atoms. The van der Waals surface area contributed by atoms with Gasteiger partial charge in [-0.3, -0.25) is 14.5 Å². The van der Waals surface area contributed by atoms with Crippen molar-refractivity contribution in [2.75, 3.05) is 31.1 Å². The monoisotopic (exact) mass is 501 g/mol. The van der Waals surface area contributed by atoms with Crippen molar-refractivity contribution in [1.82, 2.24) is 9.80 Å². The molecule has 4 rings (SSSR count). The van der Waals surface area contributed by atoms with Gasteiger partial charge in [-0.1, -0.05) is 62.4 Å². The van der Waals surface area contributed by atoms with Crippen molar-refractivity contribution >= 4 is 17.5 Å². The molecular formula is C31H36FN3O2. The van der Waals surface area contributed by atoms with Gasteiger partial charge in [0, 0.05) is 56.9 Å². The standard InChI is InChI=1S/C31H36FN3O2/c1-24(2)21-30(36)35-18-8-17-33(22-25-9-4-3-5-10-25)19-20-34(23-27-11-6-7-12-29(27)35)31(37)26-13-15-28(32)16-14-26/h3-7,9-16,24H,8,17-23H2,1-2H3. The van der Waals surface area contributed by atoms with E-state index in [1.165, 1.54) is 29.8 Å². The molecule has 194 valence electrons. The quantitative estimate of drug-likeness (QED) is 0.447. The number of rotatable bonds is 5. The van der Waals surface area contributed by atoms with Crippen LogP contribution in [0.15, 0.2) is 78.9 Å². The zero-order valence-electron chi connectivity index (χ0n) is 21.8. The first kappa shape index (κ1) is 26.6. The molecule has 0 bridgehead atoms. The number of nitrogens with zero attached hydrogens (tertiary/aromatic N) is 3. The Bertz CT molecular complexity index is 1180. The number of fused-ring (bicyclic) bond motifs is 1. The van der Waals surface area contributed by atoms with Crippen LogP contribution in [0.3, 0.4) is 0 Å². The average Bonchev–Trinajstić information content (AvgIpc) is 2.92. The molecule has 0 unspecified atom stereocenters. The average molecular weight is 502 g/mol. The highest BCUT2D eigenvalue weighted by Gasteiger charge is 2.24. The first-order chi connectivity index (χ1) is 17.9. The van der Waals surface area contributed by atoms with E-state index in [2.05, 4.69) is 30.9 Å². The van der Waals surface area contributed by atoms with Crippen molar-refractivity contribution in [3.63, 3.8) is 0 Å². The maximum Gasteiger partial charge on any atom is 0.254 e. The molecule has 2 amide bonds. The molecule has 3 aromatic carbocycles. The third kappa shape index (κ3) is 7.26. The van der Waals surface area contributed by atoms with Crippen molar-refractivity contribution in [2.24, 2.45) is 5.92 Å². The second-order valence-corrected chi connectivity index (χ2v) is 10.1. The van der Waals surface area contributed by atoms with Crippen molar-refractivity contribution in [3.05, 3.63) is 101 Å². The molecule has 0 saturated carbocycles. The molecule has 0 aliphatic carbocycles. The number of halogens is 1. The van der Waals surface area contributed by atoms with Crippen LogP contribution >= 0.6 is 0 Å². The van der Waals surface area contributed by atoms with Gasteiger partial charge in [-0.15, -0.1) is 0 Å². The lowest BCUT2D eigenvalue weighted by Gasteiger charge is -2.28. The van der Waals surface area contributed by atoms with E-state index in [1.807, 2.05) is 52.3 Å². The molecule has 37 heavy (non-hydrogen) atoms. The highest BCUT2D eigenvalue weighted by Crippen LogP contribution is 2.26. The molecule has 0 fully saturated rings. The van der Waals surface area contributed by atoms with Crippen LogP contribution in [-0.4, -0.2) is 47.8 Å². The molecule has 0 radical (unpaired) electrons. The SMILES string of the molecule is CC(C)CC(=O)N1CCCN(Cc2ccccc2)CCN(C(=O)c2ccc(F)cc2)Cc2ccccc21. The molecular weight excluding hydrogens is 465 g/mol. The molecule has 0 aromatic heterocycles. The summed E-state index contributed by atoms with van der Waals surface area (Å²) in [5, 5.41) is 0. The highest BCUT2D eigenvalue weighted by molar-refractivity contribution is 5.95. The predicted molar refractivity (Wildman–Crippen MR) is 146 cm³/mol. The fraction of sp³-hybridized carbons (Fsp3) is 0.355. The number of para-hydroxylation sites is 1. The van der Waals surface area contributed by atoms with Crippen LogP contribution in [-0.2, 0) is 17.9 Å². The van der Waals surface area contributed by atoms with E-state index in [0.29, 0.717) is 38.2 Å². The lowest BCUT2D eigenvalue weighted by molar-refractivity contribution is -0.119. The topological polar surface area (TPSA) is 43.9 Å². The van der Waals surface area contributed by atoms with Crippen LogP contribution in [0.1, 0.15) is 48.2 Å². The summed E-state index contributed by atoms with van der Waals surface area (Å²) in [6, 6.07) is 23.9. The van der Waals surface area contributed by atoms with Gasteiger partial charge >= 0.3 is 0 Å². The maximum absolute atomic E-state index is 13.6. The zero-order chi connectivity index (χ0) is 26.2. The Hall–Kier alpha value is -3.51. The molecule has 0 atom stereocenters. The smallest absolute Gasteiger partial charge is 0.254 e. The minimum absolute atomic E-state index is 0.104. The fourth-order valence-electron chi connectivity index (χ4n) is 4.81. The largest absolute Gasteiger partial charge is 0.333 e. The lowest BCUT2D eigenvalue weighted by atomic mass is 10.1. The normalized spacial score (nSPS) is 15.2. The van der Waals surface area contributed by atoms with E-state index in [9.17, 15) is 14.0 Å². The van der Waals surface area contributed by atoms with Gasteiger partial charge in [-0.25, -0.2) is 4.39 Å².